The normalized spacial score (nSPS) is 25.1. The standard InChI is InChI=1S/C17H27N3OS/c1-16(2,3)22(21)20-19-15-14-7-5-4-6-13(14)12-17(15)8-10-18-11-9-17/h4-7,15,18-20H,8-12H2,1-3H3/t15-,22-/m1/s1. The molecule has 1 aromatic carbocycles. The van der Waals surface area contributed by atoms with Gasteiger partial charge >= 0.3 is 0 Å². The van der Waals surface area contributed by atoms with E-state index in [4.69, 9.17) is 0 Å². The van der Waals surface area contributed by atoms with Crippen molar-refractivity contribution in [2.45, 2.75) is 50.8 Å². The van der Waals surface area contributed by atoms with Gasteiger partial charge in [0.2, 0.25) is 0 Å². The van der Waals surface area contributed by atoms with Crippen molar-refractivity contribution in [2.24, 2.45) is 5.41 Å². The first kappa shape index (κ1) is 16.1. The van der Waals surface area contributed by atoms with E-state index < -0.39 is 11.0 Å². The predicted octanol–water partition coefficient (Wildman–Crippen LogP) is 2.21. The highest BCUT2D eigenvalue weighted by Crippen LogP contribution is 2.50. The number of hydrogen-bond donors (Lipinski definition) is 3. The summed E-state index contributed by atoms with van der Waals surface area (Å²) >= 11 is 0. The number of rotatable bonds is 3. The van der Waals surface area contributed by atoms with Crippen LogP contribution in [0.15, 0.2) is 24.3 Å². The van der Waals surface area contributed by atoms with Crippen LogP contribution in [0.4, 0.5) is 0 Å². The third-order valence-corrected chi connectivity index (χ3v) is 6.39. The number of hydrazine groups is 1. The summed E-state index contributed by atoms with van der Waals surface area (Å²) < 4.78 is 12.1. The topological polar surface area (TPSA) is 53.2 Å². The molecule has 3 rings (SSSR count). The van der Waals surface area contributed by atoms with Gasteiger partial charge in [-0.1, -0.05) is 24.3 Å². The van der Waals surface area contributed by atoms with E-state index in [1.165, 1.54) is 11.1 Å². The van der Waals surface area contributed by atoms with Gasteiger partial charge in [-0.15, -0.1) is 0 Å². The molecule has 122 valence electrons. The minimum atomic E-state index is -1.11. The van der Waals surface area contributed by atoms with Crippen LogP contribution in [-0.4, -0.2) is 22.0 Å². The number of fused-ring (bicyclic) bond motifs is 1. The molecule has 22 heavy (non-hydrogen) atoms. The van der Waals surface area contributed by atoms with E-state index in [-0.39, 0.29) is 16.2 Å². The van der Waals surface area contributed by atoms with Crippen molar-refractivity contribution < 1.29 is 4.21 Å². The van der Waals surface area contributed by atoms with Crippen LogP contribution < -0.4 is 15.6 Å². The molecule has 0 aromatic heterocycles. The molecular weight excluding hydrogens is 294 g/mol. The molecule has 1 aliphatic heterocycles. The molecule has 0 unspecified atom stereocenters. The molecule has 4 nitrogen and oxygen atoms in total. The Morgan fingerprint density at radius 2 is 1.91 bits per heavy atom. The molecule has 1 saturated heterocycles. The number of hydrogen-bond acceptors (Lipinski definition) is 3. The van der Waals surface area contributed by atoms with Crippen LogP contribution in [0.5, 0.6) is 0 Å². The number of benzene rings is 1. The maximum absolute atomic E-state index is 12.3. The SMILES string of the molecule is CC(C)(C)[S@@](=O)NN[C@@H]1c2ccccc2CC12CCNCC2. The van der Waals surface area contributed by atoms with Gasteiger partial charge in [0.15, 0.2) is 0 Å². The first-order chi connectivity index (χ1) is 10.4. The third-order valence-electron chi connectivity index (χ3n) is 4.97. The molecule has 1 heterocycles. The Kier molecular flexibility index (Phi) is 4.42. The Morgan fingerprint density at radius 1 is 1.23 bits per heavy atom. The molecule has 0 radical (unpaired) electrons. The lowest BCUT2D eigenvalue weighted by atomic mass is 9.73. The third kappa shape index (κ3) is 3.00. The Bertz CT molecular complexity index is 561. The Balaban J connectivity index is 1.82. The molecule has 2 atom stereocenters. The predicted molar refractivity (Wildman–Crippen MR) is 91.6 cm³/mol. The van der Waals surface area contributed by atoms with Gasteiger partial charge in [-0.25, -0.2) is 9.63 Å². The van der Waals surface area contributed by atoms with E-state index in [1.54, 1.807) is 0 Å². The van der Waals surface area contributed by atoms with Gasteiger partial charge in [0.25, 0.3) is 0 Å². The molecule has 1 aliphatic carbocycles. The molecule has 0 amide bonds. The van der Waals surface area contributed by atoms with E-state index >= 15 is 0 Å². The van der Waals surface area contributed by atoms with Gasteiger partial charge < -0.3 is 5.32 Å². The smallest absolute Gasteiger partial charge is 0.111 e. The Morgan fingerprint density at radius 3 is 2.59 bits per heavy atom. The van der Waals surface area contributed by atoms with Crippen LogP contribution in [0.1, 0.15) is 50.8 Å². The monoisotopic (exact) mass is 321 g/mol. The first-order valence-corrected chi connectivity index (χ1v) is 9.29. The van der Waals surface area contributed by atoms with E-state index in [0.717, 1.165) is 32.4 Å². The molecule has 5 heteroatoms. The summed E-state index contributed by atoms with van der Waals surface area (Å²) in [6, 6.07) is 8.91. The summed E-state index contributed by atoms with van der Waals surface area (Å²) in [5.74, 6) is 0. The van der Waals surface area contributed by atoms with Crippen molar-refractivity contribution in [3.63, 3.8) is 0 Å². The summed E-state index contributed by atoms with van der Waals surface area (Å²) in [7, 11) is -1.11. The van der Waals surface area contributed by atoms with Gasteiger partial charge in [-0.05, 0) is 69.7 Å². The molecule has 2 aliphatic rings. The fourth-order valence-electron chi connectivity index (χ4n) is 3.67. The van der Waals surface area contributed by atoms with Crippen LogP contribution >= 0.6 is 0 Å². The lowest BCUT2D eigenvalue weighted by molar-refractivity contribution is 0.145. The Hall–Kier alpha value is -0.750. The van der Waals surface area contributed by atoms with Gasteiger partial charge in [-0.3, -0.25) is 0 Å². The van der Waals surface area contributed by atoms with E-state index in [0.29, 0.717) is 0 Å². The molecule has 1 spiro atoms. The van der Waals surface area contributed by atoms with Crippen molar-refractivity contribution in [1.29, 1.82) is 0 Å². The summed E-state index contributed by atoms with van der Waals surface area (Å²) in [6.45, 7) is 8.09. The van der Waals surface area contributed by atoms with Crippen LogP contribution in [0, 0.1) is 5.41 Å². The average Bonchev–Trinajstić information content (AvgIpc) is 2.77. The van der Waals surface area contributed by atoms with E-state index in [2.05, 4.69) is 39.8 Å². The summed E-state index contributed by atoms with van der Waals surface area (Å²) in [4.78, 5) is 3.08. The molecular formula is C17H27N3OS. The molecule has 0 saturated carbocycles. The average molecular weight is 321 g/mol. The minimum Gasteiger partial charge on any atom is -0.317 e. The maximum Gasteiger partial charge on any atom is 0.111 e. The zero-order valence-corrected chi connectivity index (χ0v) is 14.6. The van der Waals surface area contributed by atoms with Crippen LogP contribution in [0.3, 0.4) is 0 Å². The van der Waals surface area contributed by atoms with Gasteiger partial charge in [0.1, 0.15) is 11.0 Å². The van der Waals surface area contributed by atoms with Gasteiger partial charge in [-0.2, -0.15) is 4.83 Å². The fraction of sp³-hybridized carbons (Fsp3) is 0.647. The Labute approximate surface area is 136 Å². The van der Waals surface area contributed by atoms with Crippen molar-refractivity contribution in [3.05, 3.63) is 35.4 Å². The highest BCUT2D eigenvalue weighted by atomic mass is 32.2. The van der Waals surface area contributed by atoms with Gasteiger partial charge in [0.05, 0.1) is 10.8 Å². The highest BCUT2D eigenvalue weighted by Gasteiger charge is 2.46. The minimum absolute atomic E-state index is 0.233. The molecule has 0 bridgehead atoms. The second-order valence-corrected chi connectivity index (χ2v) is 9.51. The summed E-state index contributed by atoms with van der Waals surface area (Å²) in [5.41, 5.74) is 6.47. The second kappa shape index (κ2) is 6.04. The summed E-state index contributed by atoms with van der Waals surface area (Å²) in [6.07, 6.45) is 3.43. The van der Waals surface area contributed by atoms with E-state index in [9.17, 15) is 4.21 Å². The highest BCUT2D eigenvalue weighted by molar-refractivity contribution is 7.84. The lowest BCUT2D eigenvalue weighted by Gasteiger charge is -2.40. The van der Waals surface area contributed by atoms with Crippen LogP contribution in [0.2, 0.25) is 0 Å². The van der Waals surface area contributed by atoms with Crippen LogP contribution in [0.25, 0.3) is 0 Å². The van der Waals surface area contributed by atoms with Crippen LogP contribution in [-0.2, 0) is 17.4 Å². The maximum atomic E-state index is 12.3. The lowest BCUT2D eigenvalue weighted by Crippen LogP contribution is -2.50. The van der Waals surface area contributed by atoms with Crippen molar-refractivity contribution in [3.8, 4) is 0 Å². The number of piperidine rings is 1. The molecule has 1 fully saturated rings. The molecule has 1 aromatic rings. The first-order valence-electron chi connectivity index (χ1n) is 8.14. The van der Waals surface area contributed by atoms with Crippen molar-refractivity contribution in [1.82, 2.24) is 15.6 Å². The van der Waals surface area contributed by atoms with Crippen molar-refractivity contribution >= 4 is 11.0 Å². The van der Waals surface area contributed by atoms with Gasteiger partial charge in [0, 0.05) is 0 Å². The zero-order valence-electron chi connectivity index (χ0n) is 13.7. The fourth-order valence-corrected chi connectivity index (χ4v) is 4.21. The van der Waals surface area contributed by atoms with Crippen molar-refractivity contribution in [2.75, 3.05) is 13.1 Å². The number of nitrogens with one attached hydrogen (secondary N) is 3. The zero-order chi connectivity index (χ0) is 15.8. The summed E-state index contributed by atoms with van der Waals surface area (Å²) in [5, 5.41) is 3.46. The van der Waals surface area contributed by atoms with E-state index in [1.807, 2.05) is 20.8 Å². The quantitative estimate of drug-likeness (QED) is 0.748. The second-order valence-electron chi connectivity index (χ2n) is 7.55. The molecule has 3 N–H and O–H groups in total. The largest absolute Gasteiger partial charge is 0.317 e.